The zero-order valence-corrected chi connectivity index (χ0v) is 13.6. The largest absolute Gasteiger partial charge is 0.309 e. The van der Waals surface area contributed by atoms with Gasteiger partial charge in [-0.2, -0.15) is 0 Å². The molecule has 0 spiro atoms. The number of aromatic nitrogens is 2. The van der Waals surface area contributed by atoms with Gasteiger partial charge in [0, 0.05) is 18.0 Å². The van der Waals surface area contributed by atoms with Crippen LogP contribution in [0.2, 0.25) is 0 Å². The van der Waals surface area contributed by atoms with E-state index in [2.05, 4.69) is 53.4 Å². The molecule has 3 nitrogen and oxygen atoms in total. The van der Waals surface area contributed by atoms with Gasteiger partial charge in [-0.15, -0.1) is 11.8 Å². The molecular formula is C17H23N3S. The van der Waals surface area contributed by atoms with E-state index < -0.39 is 0 Å². The molecule has 1 aromatic carbocycles. The summed E-state index contributed by atoms with van der Waals surface area (Å²) in [5, 5.41) is 4.66. The molecule has 0 aliphatic heterocycles. The Balaban J connectivity index is 2.02. The van der Waals surface area contributed by atoms with Crippen molar-refractivity contribution in [2.45, 2.75) is 37.8 Å². The van der Waals surface area contributed by atoms with Crippen molar-refractivity contribution < 1.29 is 0 Å². The first-order chi connectivity index (χ1) is 10.3. The van der Waals surface area contributed by atoms with E-state index in [0.29, 0.717) is 6.04 Å². The summed E-state index contributed by atoms with van der Waals surface area (Å²) in [7, 11) is 0. The molecule has 0 aliphatic carbocycles. The van der Waals surface area contributed by atoms with Crippen molar-refractivity contribution in [3.8, 4) is 0 Å². The fourth-order valence-electron chi connectivity index (χ4n) is 2.11. The van der Waals surface area contributed by atoms with Crippen molar-refractivity contribution in [3.63, 3.8) is 0 Å². The third-order valence-corrected chi connectivity index (χ3v) is 4.42. The minimum atomic E-state index is 0.357. The second kappa shape index (κ2) is 8.80. The van der Waals surface area contributed by atoms with Gasteiger partial charge < -0.3 is 5.32 Å². The van der Waals surface area contributed by atoms with Crippen molar-refractivity contribution >= 4 is 11.8 Å². The first-order valence-corrected chi connectivity index (χ1v) is 8.53. The van der Waals surface area contributed by atoms with Crippen molar-refractivity contribution in [2.75, 3.05) is 12.3 Å². The predicted molar refractivity (Wildman–Crippen MR) is 89.6 cm³/mol. The highest BCUT2D eigenvalue weighted by atomic mass is 32.2. The van der Waals surface area contributed by atoms with Crippen LogP contribution in [0.4, 0.5) is 0 Å². The molecule has 0 fully saturated rings. The highest BCUT2D eigenvalue weighted by Gasteiger charge is 2.11. The van der Waals surface area contributed by atoms with Gasteiger partial charge >= 0.3 is 0 Å². The maximum absolute atomic E-state index is 4.28. The lowest BCUT2D eigenvalue weighted by Crippen LogP contribution is -2.24. The normalized spacial score (nSPS) is 12.3. The third kappa shape index (κ3) is 5.14. The second-order valence-corrected chi connectivity index (χ2v) is 6.00. The smallest absolute Gasteiger partial charge is 0.116 e. The molecule has 0 radical (unpaired) electrons. The molecular weight excluding hydrogens is 278 g/mol. The maximum atomic E-state index is 4.28. The molecule has 1 atom stereocenters. The van der Waals surface area contributed by atoms with E-state index in [9.17, 15) is 0 Å². The van der Waals surface area contributed by atoms with Gasteiger partial charge in [0.1, 0.15) is 6.33 Å². The van der Waals surface area contributed by atoms with Crippen LogP contribution in [0.5, 0.6) is 0 Å². The van der Waals surface area contributed by atoms with Gasteiger partial charge in [-0.05, 0) is 36.6 Å². The van der Waals surface area contributed by atoms with Gasteiger partial charge in [-0.25, -0.2) is 9.97 Å². The third-order valence-electron chi connectivity index (χ3n) is 3.38. The summed E-state index contributed by atoms with van der Waals surface area (Å²) in [5.74, 6) is 0.975. The summed E-state index contributed by atoms with van der Waals surface area (Å²) in [6.45, 7) is 5.42. The van der Waals surface area contributed by atoms with Crippen LogP contribution in [0.25, 0.3) is 0 Å². The highest BCUT2D eigenvalue weighted by molar-refractivity contribution is 7.99. The Hall–Kier alpha value is -1.39. The lowest BCUT2D eigenvalue weighted by atomic mass is 10.0. The Bertz CT molecular complexity index is 513. The number of aryl methyl sites for hydroxylation is 1. The Morgan fingerprint density at radius 2 is 1.95 bits per heavy atom. The average molecular weight is 301 g/mol. The molecule has 21 heavy (non-hydrogen) atoms. The summed E-state index contributed by atoms with van der Waals surface area (Å²) < 4.78 is 0. The quantitative estimate of drug-likeness (QED) is 0.593. The van der Waals surface area contributed by atoms with Crippen molar-refractivity contribution in [1.29, 1.82) is 0 Å². The summed E-state index contributed by atoms with van der Waals surface area (Å²) in [5.41, 5.74) is 2.73. The molecule has 1 N–H and O–H groups in total. The SMILES string of the molecule is CCCNC(CSc1ccncn1)c1ccc(CC)cc1. The van der Waals surface area contributed by atoms with Crippen LogP contribution < -0.4 is 5.32 Å². The van der Waals surface area contributed by atoms with Crippen LogP contribution in [0, 0.1) is 0 Å². The number of nitrogens with one attached hydrogen (secondary N) is 1. The molecule has 2 aromatic rings. The molecule has 1 heterocycles. The van der Waals surface area contributed by atoms with Gasteiger partial charge in [0.25, 0.3) is 0 Å². The van der Waals surface area contributed by atoms with E-state index in [-0.39, 0.29) is 0 Å². The van der Waals surface area contributed by atoms with E-state index in [1.807, 2.05) is 6.07 Å². The minimum absolute atomic E-state index is 0.357. The summed E-state index contributed by atoms with van der Waals surface area (Å²) >= 11 is 1.77. The highest BCUT2D eigenvalue weighted by Crippen LogP contribution is 2.23. The number of hydrogen-bond acceptors (Lipinski definition) is 4. The molecule has 0 saturated carbocycles. The summed E-state index contributed by atoms with van der Waals surface area (Å²) in [6, 6.07) is 11.3. The van der Waals surface area contributed by atoms with Gasteiger partial charge in [-0.1, -0.05) is 38.1 Å². The summed E-state index contributed by atoms with van der Waals surface area (Å²) in [6.07, 6.45) is 5.62. The fraction of sp³-hybridized carbons (Fsp3) is 0.412. The van der Waals surface area contributed by atoms with Crippen LogP contribution in [0.15, 0.2) is 47.9 Å². The van der Waals surface area contributed by atoms with Crippen LogP contribution in [-0.4, -0.2) is 22.3 Å². The van der Waals surface area contributed by atoms with Gasteiger partial charge in [0.15, 0.2) is 0 Å². The Morgan fingerprint density at radius 1 is 1.14 bits per heavy atom. The molecule has 112 valence electrons. The van der Waals surface area contributed by atoms with Gasteiger partial charge in [0.05, 0.1) is 5.03 Å². The molecule has 4 heteroatoms. The van der Waals surface area contributed by atoms with Gasteiger partial charge in [0.2, 0.25) is 0 Å². The standard InChI is InChI=1S/C17H23N3S/c1-3-10-19-16(12-21-17-9-11-18-13-20-17)15-7-5-14(4-2)6-8-15/h5-9,11,13,16,19H,3-4,10,12H2,1-2H3. The van der Waals surface area contributed by atoms with Crippen molar-refractivity contribution in [1.82, 2.24) is 15.3 Å². The number of thioether (sulfide) groups is 1. The Morgan fingerprint density at radius 3 is 2.57 bits per heavy atom. The topological polar surface area (TPSA) is 37.8 Å². The number of nitrogens with zero attached hydrogens (tertiary/aromatic N) is 2. The maximum Gasteiger partial charge on any atom is 0.116 e. The van der Waals surface area contributed by atoms with Crippen LogP contribution >= 0.6 is 11.8 Å². The zero-order chi connectivity index (χ0) is 14.9. The average Bonchev–Trinajstić information content (AvgIpc) is 2.56. The van der Waals surface area contributed by atoms with E-state index >= 15 is 0 Å². The van der Waals surface area contributed by atoms with Crippen molar-refractivity contribution in [3.05, 3.63) is 54.0 Å². The van der Waals surface area contributed by atoms with E-state index in [0.717, 1.165) is 30.2 Å². The molecule has 2 rings (SSSR count). The first-order valence-electron chi connectivity index (χ1n) is 7.54. The lowest BCUT2D eigenvalue weighted by molar-refractivity contribution is 0.577. The zero-order valence-electron chi connectivity index (χ0n) is 12.7. The van der Waals surface area contributed by atoms with Crippen LogP contribution in [0.3, 0.4) is 0 Å². The Labute approximate surface area is 131 Å². The van der Waals surface area contributed by atoms with Crippen molar-refractivity contribution in [2.24, 2.45) is 0 Å². The molecule has 0 amide bonds. The lowest BCUT2D eigenvalue weighted by Gasteiger charge is -2.19. The van der Waals surface area contributed by atoms with E-state index in [1.165, 1.54) is 11.1 Å². The second-order valence-electron chi connectivity index (χ2n) is 4.96. The van der Waals surface area contributed by atoms with Crippen LogP contribution in [-0.2, 0) is 6.42 Å². The fourth-order valence-corrected chi connectivity index (χ4v) is 3.04. The minimum Gasteiger partial charge on any atom is -0.309 e. The van der Waals surface area contributed by atoms with Crippen LogP contribution in [0.1, 0.15) is 37.4 Å². The predicted octanol–water partition coefficient (Wildman–Crippen LogP) is 3.87. The molecule has 0 bridgehead atoms. The number of benzene rings is 1. The van der Waals surface area contributed by atoms with E-state index in [1.54, 1.807) is 24.3 Å². The van der Waals surface area contributed by atoms with E-state index in [4.69, 9.17) is 0 Å². The number of rotatable bonds is 8. The molecule has 1 unspecified atom stereocenters. The monoisotopic (exact) mass is 301 g/mol. The van der Waals surface area contributed by atoms with Gasteiger partial charge in [-0.3, -0.25) is 0 Å². The molecule has 0 aliphatic rings. The summed E-state index contributed by atoms with van der Waals surface area (Å²) in [4.78, 5) is 8.24. The first kappa shape index (κ1) is 16.0. The number of hydrogen-bond donors (Lipinski definition) is 1. The molecule has 1 aromatic heterocycles. The Kier molecular flexibility index (Phi) is 6.70. The molecule has 0 saturated heterocycles.